The summed E-state index contributed by atoms with van der Waals surface area (Å²) in [7, 11) is 4.00. The third kappa shape index (κ3) is 6.60. The molecular formula is C14H24Br2N4O2. The first-order chi connectivity index (χ1) is 9.69. The van der Waals surface area contributed by atoms with E-state index in [1.807, 2.05) is 60.7 Å². The molecule has 0 aromatic carbocycles. The number of halogens is 2. The van der Waals surface area contributed by atoms with Gasteiger partial charge in [-0.15, -0.1) is 0 Å². The highest BCUT2D eigenvalue weighted by molar-refractivity contribution is 4.69. The van der Waals surface area contributed by atoms with Crippen molar-refractivity contribution in [3.05, 3.63) is 37.4 Å². The minimum atomic E-state index is 0. The standard InChI is InChI=1S/C14H24N4O2.2BrH/c1-4-14(18-8-6-16(3)12-18)20-13-19-10-9-17-7-5-15(2)11-17;;/h5-8,11-12,14H,4,9-10,13H2,1-3H3;2*1H/q+2;;/p-2. The van der Waals surface area contributed by atoms with Crippen LogP contribution in [0.2, 0.25) is 0 Å². The summed E-state index contributed by atoms with van der Waals surface area (Å²) < 4.78 is 19.4. The Morgan fingerprint density at radius 3 is 2.27 bits per heavy atom. The molecule has 6 nitrogen and oxygen atoms in total. The predicted molar refractivity (Wildman–Crippen MR) is 72.4 cm³/mol. The lowest BCUT2D eigenvalue weighted by Crippen LogP contribution is -3.00. The molecule has 0 bridgehead atoms. The van der Waals surface area contributed by atoms with Gasteiger partial charge in [0.25, 0.3) is 0 Å². The maximum Gasteiger partial charge on any atom is 0.245 e. The van der Waals surface area contributed by atoms with Gasteiger partial charge in [0.1, 0.15) is 31.3 Å². The topological polar surface area (TPSA) is 36.1 Å². The van der Waals surface area contributed by atoms with Gasteiger partial charge in [0.2, 0.25) is 18.9 Å². The van der Waals surface area contributed by atoms with Crippen molar-refractivity contribution in [3.63, 3.8) is 0 Å². The number of nitrogens with zero attached hydrogens (tertiary/aromatic N) is 4. The number of imidazole rings is 2. The van der Waals surface area contributed by atoms with Crippen LogP contribution in [0.3, 0.4) is 0 Å². The van der Waals surface area contributed by atoms with Crippen molar-refractivity contribution in [1.29, 1.82) is 0 Å². The first-order valence-corrected chi connectivity index (χ1v) is 6.92. The Morgan fingerprint density at radius 2 is 1.73 bits per heavy atom. The summed E-state index contributed by atoms with van der Waals surface area (Å²) in [5.74, 6) is 0. The van der Waals surface area contributed by atoms with Gasteiger partial charge in [-0.1, -0.05) is 6.92 Å². The molecule has 126 valence electrons. The second-order valence-electron chi connectivity index (χ2n) is 4.90. The van der Waals surface area contributed by atoms with E-state index in [4.69, 9.17) is 9.47 Å². The molecule has 2 heterocycles. The fraction of sp³-hybridized carbons (Fsp3) is 0.571. The molecule has 2 aromatic heterocycles. The van der Waals surface area contributed by atoms with E-state index in [2.05, 4.69) is 16.1 Å². The Kier molecular flexibility index (Phi) is 10.6. The molecule has 1 atom stereocenters. The zero-order chi connectivity index (χ0) is 14.4. The zero-order valence-corrected chi connectivity index (χ0v) is 16.4. The van der Waals surface area contributed by atoms with E-state index in [1.54, 1.807) is 0 Å². The first-order valence-electron chi connectivity index (χ1n) is 6.92. The second-order valence-corrected chi connectivity index (χ2v) is 4.90. The molecule has 0 fully saturated rings. The number of aromatic nitrogens is 4. The largest absolute Gasteiger partial charge is 1.00 e. The van der Waals surface area contributed by atoms with E-state index in [9.17, 15) is 0 Å². The van der Waals surface area contributed by atoms with Crippen LogP contribution in [0.5, 0.6) is 0 Å². The Hall–Kier alpha value is -0.700. The SMILES string of the molecule is CCC(OCOCCn1cc[n+](C)c1)n1cc[n+](C)c1.[Br-].[Br-]. The smallest absolute Gasteiger partial charge is 0.245 e. The van der Waals surface area contributed by atoms with Gasteiger partial charge in [0, 0.05) is 6.42 Å². The van der Waals surface area contributed by atoms with Crippen molar-refractivity contribution >= 4 is 0 Å². The quantitative estimate of drug-likeness (QED) is 0.234. The first kappa shape index (κ1) is 21.3. The van der Waals surface area contributed by atoms with Crippen molar-refractivity contribution < 1.29 is 52.6 Å². The van der Waals surface area contributed by atoms with Crippen LogP contribution < -0.4 is 43.1 Å². The molecule has 0 saturated heterocycles. The zero-order valence-electron chi connectivity index (χ0n) is 13.2. The van der Waals surface area contributed by atoms with Crippen molar-refractivity contribution in [2.24, 2.45) is 14.1 Å². The van der Waals surface area contributed by atoms with Gasteiger partial charge in [0.05, 0.1) is 20.7 Å². The molecule has 8 heteroatoms. The average Bonchev–Trinajstić information content (AvgIpc) is 3.03. The van der Waals surface area contributed by atoms with E-state index in [0.717, 1.165) is 13.0 Å². The van der Waals surface area contributed by atoms with Gasteiger partial charge in [-0.05, 0) is 0 Å². The van der Waals surface area contributed by atoms with E-state index in [-0.39, 0.29) is 40.2 Å². The molecule has 0 aliphatic heterocycles. The Morgan fingerprint density at radius 1 is 1.05 bits per heavy atom. The van der Waals surface area contributed by atoms with Crippen molar-refractivity contribution in [2.75, 3.05) is 13.4 Å². The van der Waals surface area contributed by atoms with Gasteiger partial charge < -0.3 is 43.4 Å². The van der Waals surface area contributed by atoms with Crippen molar-refractivity contribution in [1.82, 2.24) is 9.13 Å². The number of ether oxygens (including phenoxy) is 2. The molecule has 1 unspecified atom stereocenters. The second kappa shape index (κ2) is 10.9. The van der Waals surface area contributed by atoms with E-state index in [0.29, 0.717) is 13.4 Å². The van der Waals surface area contributed by atoms with Gasteiger partial charge in [-0.3, -0.25) is 0 Å². The lowest BCUT2D eigenvalue weighted by atomic mass is 10.4. The molecule has 0 saturated carbocycles. The third-order valence-electron chi connectivity index (χ3n) is 3.13. The van der Waals surface area contributed by atoms with Crippen LogP contribution in [0.25, 0.3) is 0 Å². The minimum absolute atomic E-state index is 0. The fourth-order valence-corrected chi connectivity index (χ4v) is 2.04. The summed E-state index contributed by atoms with van der Waals surface area (Å²) in [6, 6.07) is 0. The van der Waals surface area contributed by atoms with Crippen LogP contribution in [0.1, 0.15) is 19.6 Å². The van der Waals surface area contributed by atoms with Gasteiger partial charge in [0.15, 0.2) is 6.79 Å². The minimum Gasteiger partial charge on any atom is -1.00 e. The summed E-state index contributed by atoms with van der Waals surface area (Å²) in [5, 5.41) is 0. The molecule has 0 spiro atoms. The summed E-state index contributed by atoms with van der Waals surface area (Å²) in [6.07, 6.45) is 13.0. The Labute approximate surface area is 152 Å². The molecule has 0 aliphatic carbocycles. The average molecular weight is 440 g/mol. The van der Waals surface area contributed by atoms with E-state index >= 15 is 0 Å². The molecule has 2 aromatic rings. The maximum absolute atomic E-state index is 5.75. The number of hydrogen-bond donors (Lipinski definition) is 0. The van der Waals surface area contributed by atoms with Gasteiger partial charge >= 0.3 is 0 Å². The van der Waals surface area contributed by atoms with Crippen molar-refractivity contribution in [2.45, 2.75) is 26.1 Å². The summed E-state index contributed by atoms with van der Waals surface area (Å²) >= 11 is 0. The molecule has 0 aliphatic rings. The summed E-state index contributed by atoms with van der Waals surface area (Å²) in [5.41, 5.74) is 0. The number of aryl methyl sites for hydroxylation is 2. The number of rotatable bonds is 8. The molecule has 2 rings (SSSR count). The highest BCUT2D eigenvalue weighted by Crippen LogP contribution is 2.11. The summed E-state index contributed by atoms with van der Waals surface area (Å²) in [6.45, 7) is 3.89. The molecular weight excluding hydrogens is 416 g/mol. The van der Waals surface area contributed by atoms with Crippen LogP contribution in [0, 0.1) is 0 Å². The summed E-state index contributed by atoms with van der Waals surface area (Å²) in [4.78, 5) is 0. The predicted octanol–water partition coefficient (Wildman–Crippen LogP) is -5.45. The van der Waals surface area contributed by atoms with Gasteiger partial charge in [-0.25, -0.2) is 18.3 Å². The molecule has 0 radical (unpaired) electrons. The van der Waals surface area contributed by atoms with Crippen LogP contribution >= 0.6 is 0 Å². The lowest BCUT2D eigenvalue weighted by molar-refractivity contribution is -0.671. The van der Waals surface area contributed by atoms with Gasteiger partial charge in [-0.2, -0.15) is 0 Å². The third-order valence-corrected chi connectivity index (χ3v) is 3.13. The van der Waals surface area contributed by atoms with E-state index < -0.39 is 0 Å². The highest BCUT2D eigenvalue weighted by Gasteiger charge is 2.14. The number of hydrogen-bond acceptors (Lipinski definition) is 2. The molecule has 0 N–H and O–H groups in total. The van der Waals surface area contributed by atoms with Crippen LogP contribution in [-0.4, -0.2) is 22.5 Å². The Bertz CT molecular complexity index is 530. The maximum atomic E-state index is 5.75. The van der Waals surface area contributed by atoms with Crippen LogP contribution in [0.4, 0.5) is 0 Å². The molecule has 22 heavy (non-hydrogen) atoms. The van der Waals surface area contributed by atoms with Crippen molar-refractivity contribution in [3.8, 4) is 0 Å². The molecule has 0 amide bonds. The normalized spacial score (nSPS) is 11.6. The van der Waals surface area contributed by atoms with Crippen LogP contribution in [-0.2, 0) is 30.1 Å². The Balaban J connectivity index is 0.00000220. The van der Waals surface area contributed by atoms with E-state index in [1.165, 1.54) is 0 Å². The highest BCUT2D eigenvalue weighted by atomic mass is 79.9. The fourth-order valence-electron chi connectivity index (χ4n) is 2.04. The monoisotopic (exact) mass is 438 g/mol. The van der Waals surface area contributed by atoms with Crippen LogP contribution in [0.15, 0.2) is 37.4 Å². The lowest BCUT2D eigenvalue weighted by Gasteiger charge is -2.12.